The van der Waals surface area contributed by atoms with E-state index in [1.54, 1.807) is 31.2 Å². The van der Waals surface area contributed by atoms with Crippen LogP contribution in [0.4, 0.5) is 23.7 Å². The van der Waals surface area contributed by atoms with Gasteiger partial charge in [0.2, 0.25) is 0 Å². The van der Waals surface area contributed by atoms with Gasteiger partial charge < -0.3 is 15.4 Å². The summed E-state index contributed by atoms with van der Waals surface area (Å²) in [5, 5.41) is 14.0. The van der Waals surface area contributed by atoms with Crippen LogP contribution >= 0.6 is 0 Å². The Hall–Kier alpha value is -3.21. The van der Waals surface area contributed by atoms with Crippen molar-refractivity contribution in [1.82, 2.24) is 5.32 Å². The van der Waals surface area contributed by atoms with Crippen molar-refractivity contribution in [2.45, 2.75) is 19.3 Å². The molecule has 25 heavy (non-hydrogen) atoms. The molecule has 0 bridgehead atoms. The molecule has 2 N–H and O–H groups in total. The van der Waals surface area contributed by atoms with Gasteiger partial charge in [-0.2, -0.15) is 5.26 Å². The third-order valence-corrected chi connectivity index (χ3v) is 3.23. The number of hydrogen-bond acceptors (Lipinski definition) is 3. The monoisotopic (exact) mass is 349 g/mol. The number of rotatable bonds is 4. The molecule has 2 aromatic carbocycles. The van der Waals surface area contributed by atoms with Gasteiger partial charge >= 0.3 is 12.4 Å². The minimum Gasteiger partial charge on any atom is -0.406 e. The van der Waals surface area contributed by atoms with Crippen molar-refractivity contribution in [1.29, 1.82) is 5.26 Å². The van der Waals surface area contributed by atoms with Crippen LogP contribution in [-0.4, -0.2) is 12.4 Å². The molecule has 0 aliphatic carbocycles. The highest BCUT2D eigenvalue weighted by Crippen LogP contribution is 2.24. The SMILES string of the molecule is C[C@H](NC(=O)Nc1ccc(C#N)cc1)c1ccc(OC(F)(F)F)cc1. The second kappa shape index (κ2) is 7.57. The minimum absolute atomic E-state index is 0.328. The van der Waals surface area contributed by atoms with E-state index >= 15 is 0 Å². The first-order chi connectivity index (χ1) is 11.8. The number of halogens is 3. The summed E-state index contributed by atoms with van der Waals surface area (Å²) in [6, 6.07) is 12.6. The number of ether oxygens (including phenoxy) is 1. The van der Waals surface area contributed by atoms with Crippen LogP contribution in [0, 0.1) is 11.3 Å². The molecular weight excluding hydrogens is 335 g/mol. The first-order valence-corrected chi connectivity index (χ1v) is 7.20. The maximum Gasteiger partial charge on any atom is 0.573 e. The van der Waals surface area contributed by atoms with Gasteiger partial charge in [-0.15, -0.1) is 13.2 Å². The summed E-state index contributed by atoms with van der Waals surface area (Å²) in [6.07, 6.45) is -4.74. The van der Waals surface area contributed by atoms with Crippen molar-refractivity contribution >= 4 is 11.7 Å². The molecule has 2 amide bonds. The molecule has 0 aliphatic heterocycles. The highest BCUT2D eigenvalue weighted by atomic mass is 19.4. The molecule has 0 spiro atoms. The molecule has 2 rings (SSSR count). The van der Waals surface area contributed by atoms with Crippen LogP contribution in [0.3, 0.4) is 0 Å². The van der Waals surface area contributed by atoms with Crippen LogP contribution in [0.25, 0.3) is 0 Å². The number of amides is 2. The molecule has 8 heteroatoms. The van der Waals surface area contributed by atoms with E-state index in [1.807, 2.05) is 6.07 Å². The third-order valence-electron chi connectivity index (χ3n) is 3.23. The lowest BCUT2D eigenvalue weighted by atomic mass is 10.1. The fraction of sp³-hybridized carbons (Fsp3) is 0.176. The van der Waals surface area contributed by atoms with E-state index < -0.39 is 18.4 Å². The molecule has 0 aromatic heterocycles. The van der Waals surface area contributed by atoms with Crippen molar-refractivity contribution in [2.24, 2.45) is 0 Å². The first-order valence-electron chi connectivity index (χ1n) is 7.20. The van der Waals surface area contributed by atoms with Crippen LogP contribution < -0.4 is 15.4 Å². The molecule has 0 heterocycles. The van der Waals surface area contributed by atoms with Gasteiger partial charge in [-0.3, -0.25) is 0 Å². The Morgan fingerprint density at radius 3 is 2.24 bits per heavy atom. The molecule has 1 atom stereocenters. The maximum absolute atomic E-state index is 12.1. The number of benzene rings is 2. The second-order valence-corrected chi connectivity index (χ2v) is 5.13. The Kier molecular flexibility index (Phi) is 5.49. The van der Waals surface area contributed by atoms with Crippen molar-refractivity contribution in [3.8, 4) is 11.8 Å². The van der Waals surface area contributed by atoms with E-state index in [0.717, 1.165) is 0 Å². The molecule has 0 saturated heterocycles. The Morgan fingerprint density at radius 1 is 1.12 bits per heavy atom. The molecule has 0 aliphatic rings. The van der Waals surface area contributed by atoms with Crippen LogP contribution in [0.1, 0.15) is 24.1 Å². The summed E-state index contributed by atoms with van der Waals surface area (Å²) in [5.41, 5.74) is 1.60. The Bertz CT molecular complexity index is 766. The molecule has 5 nitrogen and oxygen atoms in total. The zero-order valence-electron chi connectivity index (χ0n) is 13.1. The smallest absolute Gasteiger partial charge is 0.406 e. The number of alkyl halides is 3. The second-order valence-electron chi connectivity index (χ2n) is 5.13. The van der Waals surface area contributed by atoms with Crippen LogP contribution in [0.2, 0.25) is 0 Å². The zero-order valence-corrected chi connectivity index (χ0v) is 13.1. The Balaban J connectivity index is 1.93. The Labute approximate surface area is 142 Å². The standard InChI is InChI=1S/C17H14F3N3O2/c1-11(13-4-8-15(9-5-13)25-17(18,19)20)22-16(24)23-14-6-2-12(10-21)3-7-14/h2-9,11H,1H3,(H2,22,23,24)/t11-/m0/s1. The molecule has 0 unspecified atom stereocenters. The summed E-state index contributed by atoms with van der Waals surface area (Å²) in [4.78, 5) is 11.9. The van der Waals surface area contributed by atoms with Gasteiger partial charge in [0.15, 0.2) is 0 Å². The van der Waals surface area contributed by atoms with E-state index in [-0.39, 0.29) is 5.75 Å². The number of anilines is 1. The Morgan fingerprint density at radius 2 is 1.72 bits per heavy atom. The van der Waals surface area contributed by atoms with Gasteiger partial charge in [-0.1, -0.05) is 12.1 Å². The predicted octanol–water partition coefficient (Wildman–Crippen LogP) is 4.34. The van der Waals surface area contributed by atoms with Crippen molar-refractivity contribution < 1.29 is 22.7 Å². The van der Waals surface area contributed by atoms with Gasteiger partial charge in [0.25, 0.3) is 0 Å². The summed E-state index contributed by atoms with van der Waals surface area (Å²) in [5.74, 6) is -0.328. The van der Waals surface area contributed by atoms with E-state index in [0.29, 0.717) is 16.8 Å². The van der Waals surface area contributed by atoms with Gasteiger partial charge in [0.05, 0.1) is 17.7 Å². The summed E-state index contributed by atoms with van der Waals surface area (Å²) in [7, 11) is 0. The quantitative estimate of drug-likeness (QED) is 0.862. The molecule has 0 radical (unpaired) electrons. The number of carbonyl (C=O) groups is 1. The van der Waals surface area contributed by atoms with E-state index in [1.165, 1.54) is 24.3 Å². The third kappa shape index (κ3) is 5.73. The average Bonchev–Trinajstić information content (AvgIpc) is 2.54. The summed E-state index contributed by atoms with van der Waals surface area (Å²) < 4.78 is 40.2. The van der Waals surface area contributed by atoms with E-state index in [9.17, 15) is 18.0 Å². The molecule has 2 aromatic rings. The zero-order chi connectivity index (χ0) is 18.4. The van der Waals surface area contributed by atoms with E-state index in [4.69, 9.17) is 5.26 Å². The largest absolute Gasteiger partial charge is 0.573 e. The van der Waals surface area contributed by atoms with Gasteiger partial charge in [-0.05, 0) is 48.9 Å². The molecule has 0 fully saturated rings. The highest BCUT2D eigenvalue weighted by molar-refractivity contribution is 5.89. The number of nitrogens with zero attached hydrogens (tertiary/aromatic N) is 1. The molecular formula is C17H14F3N3O2. The number of nitrogens with one attached hydrogen (secondary N) is 2. The van der Waals surface area contributed by atoms with Crippen molar-refractivity contribution in [3.05, 3.63) is 59.7 Å². The number of urea groups is 1. The molecule has 130 valence electrons. The lowest BCUT2D eigenvalue weighted by Crippen LogP contribution is -2.31. The van der Waals surface area contributed by atoms with Gasteiger partial charge in [0.1, 0.15) is 5.75 Å². The van der Waals surface area contributed by atoms with Crippen LogP contribution in [0.5, 0.6) is 5.75 Å². The van der Waals surface area contributed by atoms with Crippen LogP contribution in [0.15, 0.2) is 48.5 Å². The van der Waals surface area contributed by atoms with Crippen LogP contribution in [-0.2, 0) is 0 Å². The number of nitriles is 1. The average molecular weight is 349 g/mol. The highest BCUT2D eigenvalue weighted by Gasteiger charge is 2.31. The lowest BCUT2D eigenvalue weighted by Gasteiger charge is -2.16. The van der Waals surface area contributed by atoms with Crippen molar-refractivity contribution in [3.63, 3.8) is 0 Å². The summed E-state index contributed by atoms with van der Waals surface area (Å²) >= 11 is 0. The minimum atomic E-state index is -4.74. The lowest BCUT2D eigenvalue weighted by molar-refractivity contribution is -0.274. The number of hydrogen-bond donors (Lipinski definition) is 2. The number of carbonyl (C=O) groups excluding carboxylic acids is 1. The molecule has 0 saturated carbocycles. The predicted molar refractivity (Wildman–Crippen MR) is 84.9 cm³/mol. The fourth-order valence-corrected chi connectivity index (χ4v) is 2.03. The first kappa shape index (κ1) is 18.1. The summed E-state index contributed by atoms with van der Waals surface area (Å²) in [6.45, 7) is 1.69. The maximum atomic E-state index is 12.1. The van der Waals surface area contributed by atoms with Crippen molar-refractivity contribution in [2.75, 3.05) is 5.32 Å². The van der Waals surface area contributed by atoms with Gasteiger partial charge in [-0.25, -0.2) is 4.79 Å². The topological polar surface area (TPSA) is 74.2 Å². The van der Waals surface area contributed by atoms with E-state index in [2.05, 4.69) is 15.4 Å². The van der Waals surface area contributed by atoms with Gasteiger partial charge in [0, 0.05) is 5.69 Å². The fourth-order valence-electron chi connectivity index (χ4n) is 2.03. The normalized spacial score (nSPS) is 12.0.